The smallest absolute Gasteiger partial charge is 0.291 e. The molecule has 0 fully saturated rings. The van der Waals surface area contributed by atoms with Crippen molar-refractivity contribution in [3.63, 3.8) is 0 Å². The van der Waals surface area contributed by atoms with Gasteiger partial charge in [-0.05, 0) is 42.0 Å². The molecule has 3 aromatic rings. The molecule has 136 valence electrons. The topological polar surface area (TPSA) is 104 Å². The zero-order chi connectivity index (χ0) is 19.6. The van der Waals surface area contributed by atoms with Crippen LogP contribution in [0.5, 0.6) is 0 Å². The van der Waals surface area contributed by atoms with E-state index in [2.05, 4.69) is 10.4 Å². The van der Waals surface area contributed by atoms with Gasteiger partial charge in [0.25, 0.3) is 11.5 Å². The highest BCUT2D eigenvalue weighted by atomic mass is 35.5. The fourth-order valence-corrected chi connectivity index (χ4v) is 2.50. The molecule has 3 rings (SSSR count). The third-order valence-electron chi connectivity index (χ3n) is 3.63. The highest BCUT2D eigenvalue weighted by Crippen LogP contribution is 2.17. The average molecular weight is 403 g/mol. The summed E-state index contributed by atoms with van der Waals surface area (Å²) < 4.78 is 1.06. The summed E-state index contributed by atoms with van der Waals surface area (Å²) in [5, 5.41) is 17.2. The van der Waals surface area contributed by atoms with Crippen molar-refractivity contribution < 1.29 is 14.7 Å². The number of carbonyl (C=O) groups excluding carboxylic acids is 2. The summed E-state index contributed by atoms with van der Waals surface area (Å²) in [5.41, 5.74) is 0.604. The number of aromatic nitrogens is 2. The van der Waals surface area contributed by atoms with Crippen molar-refractivity contribution in [2.24, 2.45) is 0 Å². The van der Waals surface area contributed by atoms with Gasteiger partial charge >= 0.3 is 0 Å². The van der Waals surface area contributed by atoms with E-state index in [1.54, 1.807) is 0 Å². The van der Waals surface area contributed by atoms with Gasteiger partial charge < -0.3 is 15.2 Å². The summed E-state index contributed by atoms with van der Waals surface area (Å²) in [6.07, 6.45) is 1.25. The van der Waals surface area contributed by atoms with Crippen LogP contribution in [-0.4, -0.2) is 21.7 Å². The van der Waals surface area contributed by atoms with E-state index in [0.29, 0.717) is 16.9 Å². The van der Waals surface area contributed by atoms with E-state index in [-0.39, 0.29) is 15.6 Å². The minimum atomic E-state index is -1.30. The first-order chi connectivity index (χ1) is 12.9. The quantitative estimate of drug-likeness (QED) is 0.719. The van der Waals surface area contributed by atoms with E-state index >= 15 is 0 Å². The fraction of sp³-hybridized carbons (Fsp3) is 0. The molecule has 0 unspecified atom stereocenters. The van der Waals surface area contributed by atoms with Crippen molar-refractivity contribution in [1.29, 1.82) is 0 Å². The third kappa shape index (κ3) is 3.99. The molecule has 0 bridgehead atoms. The predicted molar refractivity (Wildman–Crippen MR) is 98.6 cm³/mol. The second kappa shape index (κ2) is 7.61. The SMILES string of the molecule is O=C([O-])c1ccc(NC(=O)c2ccc(-n3ncc(Cl)c(Cl)c3=O)cc2)cc1. The van der Waals surface area contributed by atoms with Crippen LogP contribution in [0.3, 0.4) is 0 Å². The molecule has 0 spiro atoms. The first kappa shape index (κ1) is 18.6. The second-order valence-corrected chi connectivity index (χ2v) is 6.17. The molecule has 0 atom stereocenters. The van der Waals surface area contributed by atoms with E-state index in [0.717, 1.165) is 4.68 Å². The van der Waals surface area contributed by atoms with Crippen LogP contribution in [0, 0.1) is 0 Å². The van der Waals surface area contributed by atoms with Gasteiger partial charge in [-0.1, -0.05) is 35.3 Å². The Morgan fingerprint density at radius 1 is 0.963 bits per heavy atom. The van der Waals surface area contributed by atoms with Crippen LogP contribution >= 0.6 is 23.2 Å². The summed E-state index contributed by atoms with van der Waals surface area (Å²) in [7, 11) is 0. The van der Waals surface area contributed by atoms with Crippen molar-refractivity contribution in [1.82, 2.24) is 9.78 Å². The van der Waals surface area contributed by atoms with Gasteiger partial charge in [-0.2, -0.15) is 9.78 Å². The first-order valence-electron chi connectivity index (χ1n) is 7.53. The number of amides is 1. The molecular weight excluding hydrogens is 393 g/mol. The lowest BCUT2D eigenvalue weighted by Gasteiger charge is -2.09. The number of halogens is 2. The zero-order valence-corrected chi connectivity index (χ0v) is 15.0. The van der Waals surface area contributed by atoms with Crippen molar-refractivity contribution in [3.8, 4) is 5.69 Å². The minimum Gasteiger partial charge on any atom is -0.545 e. The Morgan fingerprint density at radius 2 is 1.56 bits per heavy atom. The van der Waals surface area contributed by atoms with E-state index in [1.165, 1.54) is 54.7 Å². The number of rotatable bonds is 4. The number of carbonyl (C=O) groups is 2. The Bertz CT molecular complexity index is 1080. The molecule has 0 radical (unpaired) electrons. The van der Waals surface area contributed by atoms with E-state index in [1.807, 2.05) is 0 Å². The zero-order valence-electron chi connectivity index (χ0n) is 13.5. The summed E-state index contributed by atoms with van der Waals surface area (Å²) >= 11 is 11.6. The van der Waals surface area contributed by atoms with Crippen molar-refractivity contribution in [3.05, 3.63) is 86.3 Å². The number of benzene rings is 2. The third-order valence-corrected chi connectivity index (χ3v) is 4.38. The Balaban J connectivity index is 1.79. The molecule has 27 heavy (non-hydrogen) atoms. The maximum absolute atomic E-state index is 12.3. The standard InChI is InChI=1S/C18H11Cl2N3O4/c19-14-9-21-23(17(25)15(14)20)13-7-3-10(4-8-13)16(24)22-12-5-1-11(2-6-12)18(26)27/h1-9H,(H,22,24)(H,26,27)/p-1. The number of carboxylic acids is 1. The first-order valence-corrected chi connectivity index (χ1v) is 8.29. The lowest BCUT2D eigenvalue weighted by Crippen LogP contribution is -2.22. The van der Waals surface area contributed by atoms with Gasteiger partial charge in [0.05, 0.1) is 22.9 Å². The molecule has 7 nitrogen and oxygen atoms in total. The molecule has 1 heterocycles. The molecule has 1 amide bonds. The van der Waals surface area contributed by atoms with Gasteiger partial charge in [0.2, 0.25) is 0 Å². The lowest BCUT2D eigenvalue weighted by atomic mass is 10.1. The van der Waals surface area contributed by atoms with Gasteiger partial charge in [-0.15, -0.1) is 0 Å². The maximum atomic E-state index is 12.3. The molecule has 9 heteroatoms. The van der Waals surface area contributed by atoms with Gasteiger partial charge in [-0.25, -0.2) is 0 Å². The maximum Gasteiger partial charge on any atom is 0.291 e. The highest BCUT2D eigenvalue weighted by molar-refractivity contribution is 6.41. The van der Waals surface area contributed by atoms with Gasteiger partial charge in [0.1, 0.15) is 5.02 Å². The Morgan fingerprint density at radius 3 is 2.15 bits per heavy atom. The largest absolute Gasteiger partial charge is 0.545 e. The number of nitrogens with one attached hydrogen (secondary N) is 1. The number of anilines is 1. The van der Waals surface area contributed by atoms with Gasteiger partial charge in [0, 0.05) is 11.3 Å². The molecule has 0 aliphatic carbocycles. The predicted octanol–water partition coefficient (Wildman–Crippen LogP) is 2.16. The normalized spacial score (nSPS) is 10.4. The number of nitrogens with zero attached hydrogens (tertiary/aromatic N) is 2. The lowest BCUT2D eigenvalue weighted by molar-refractivity contribution is -0.255. The van der Waals surface area contributed by atoms with Crippen LogP contribution in [0.4, 0.5) is 5.69 Å². The van der Waals surface area contributed by atoms with Crippen LogP contribution in [0.2, 0.25) is 10.0 Å². The summed E-state index contributed by atoms with van der Waals surface area (Å²) in [6.45, 7) is 0. The molecular formula is C18H10Cl2N3O4-. The molecule has 1 N–H and O–H groups in total. The molecule has 0 saturated heterocycles. The van der Waals surface area contributed by atoms with Crippen LogP contribution in [0.25, 0.3) is 5.69 Å². The summed E-state index contributed by atoms with van der Waals surface area (Å²) in [5.74, 6) is -1.70. The monoisotopic (exact) mass is 402 g/mol. The second-order valence-electron chi connectivity index (χ2n) is 5.39. The van der Waals surface area contributed by atoms with Crippen LogP contribution in [0.1, 0.15) is 20.7 Å². The van der Waals surface area contributed by atoms with Crippen molar-refractivity contribution in [2.45, 2.75) is 0 Å². The number of carboxylic acid groups (broad SMARTS) is 1. The van der Waals surface area contributed by atoms with Crippen molar-refractivity contribution in [2.75, 3.05) is 5.32 Å². The fourth-order valence-electron chi connectivity index (χ4n) is 2.24. The number of hydrogen-bond acceptors (Lipinski definition) is 5. The van der Waals surface area contributed by atoms with Crippen LogP contribution < -0.4 is 16.0 Å². The minimum absolute atomic E-state index is 0.0110. The van der Waals surface area contributed by atoms with Crippen molar-refractivity contribution >= 4 is 40.8 Å². The Hall–Kier alpha value is -3.16. The molecule has 1 aromatic heterocycles. The van der Waals surface area contributed by atoms with Gasteiger partial charge in [0.15, 0.2) is 0 Å². The molecule has 2 aromatic carbocycles. The summed E-state index contributed by atoms with van der Waals surface area (Å²) in [4.78, 5) is 35.1. The summed E-state index contributed by atoms with van der Waals surface area (Å²) in [6, 6.07) is 11.7. The number of aromatic carboxylic acids is 1. The average Bonchev–Trinajstić information content (AvgIpc) is 2.67. The van der Waals surface area contributed by atoms with E-state index < -0.39 is 17.4 Å². The molecule has 0 aliphatic heterocycles. The molecule has 0 saturated carbocycles. The highest BCUT2D eigenvalue weighted by Gasteiger charge is 2.11. The van der Waals surface area contributed by atoms with Crippen LogP contribution in [-0.2, 0) is 0 Å². The Kier molecular flexibility index (Phi) is 5.25. The van der Waals surface area contributed by atoms with Crippen LogP contribution in [0.15, 0.2) is 59.5 Å². The van der Waals surface area contributed by atoms with E-state index in [4.69, 9.17) is 23.2 Å². The van der Waals surface area contributed by atoms with E-state index in [9.17, 15) is 19.5 Å². The number of hydrogen-bond donors (Lipinski definition) is 1. The molecule has 0 aliphatic rings. The van der Waals surface area contributed by atoms with Gasteiger partial charge in [-0.3, -0.25) is 9.59 Å². The Labute approximate surface area is 162 Å².